The summed E-state index contributed by atoms with van der Waals surface area (Å²) < 4.78 is 0. The van der Waals surface area contributed by atoms with Gasteiger partial charge < -0.3 is 5.11 Å². The van der Waals surface area contributed by atoms with E-state index < -0.39 is 0 Å². The molecular weight excluding hydrogens is 240 g/mol. The van der Waals surface area contributed by atoms with Gasteiger partial charge in [0.15, 0.2) is 0 Å². The third kappa shape index (κ3) is 2.44. The molecule has 0 aliphatic heterocycles. The largest absolute Gasteiger partial charge is 0.387 e. The van der Waals surface area contributed by atoms with Crippen molar-refractivity contribution in [2.24, 2.45) is 11.8 Å². The molecule has 0 saturated heterocycles. The smallest absolute Gasteiger partial charge is 0.0925 e. The van der Waals surface area contributed by atoms with Crippen LogP contribution in [0.3, 0.4) is 0 Å². The first-order valence-corrected chi connectivity index (χ1v) is 7.27. The highest BCUT2D eigenvalue weighted by Gasteiger charge is 2.28. The Morgan fingerprint density at radius 1 is 1.50 bits per heavy atom. The second-order valence-electron chi connectivity index (χ2n) is 5.07. The van der Waals surface area contributed by atoms with Crippen molar-refractivity contribution in [1.82, 2.24) is 0 Å². The number of aliphatic hydroxyl groups is 1. The fourth-order valence-electron chi connectivity index (χ4n) is 2.63. The minimum Gasteiger partial charge on any atom is -0.387 e. The van der Waals surface area contributed by atoms with E-state index in [1.54, 1.807) is 11.3 Å². The van der Waals surface area contributed by atoms with Crippen LogP contribution >= 0.6 is 22.9 Å². The van der Waals surface area contributed by atoms with E-state index in [4.69, 9.17) is 11.6 Å². The molecule has 1 saturated carbocycles. The standard InChI is InChI=1S/C13H19ClOS/c1-8-4-3-5-10(6-8)12(15)13-11(14)9(2)7-16-13/h7-8,10,12,15H,3-6H2,1-2H3. The summed E-state index contributed by atoms with van der Waals surface area (Å²) in [6.07, 6.45) is 4.47. The fraction of sp³-hybridized carbons (Fsp3) is 0.692. The van der Waals surface area contributed by atoms with E-state index in [9.17, 15) is 5.11 Å². The molecule has 90 valence electrons. The number of aliphatic hydroxyl groups excluding tert-OH is 1. The third-order valence-electron chi connectivity index (χ3n) is 3.62. The maximum absolute atomic E-state index is 10.4. The Bertz CT molecular complexity index is 361. The van der Waals surface area contributed by atoms with Crippen LogP contribution in [0.5, 0.6) is 0 Å². The molecule has 1 fully saturated rings. The summed E-state index contributed by atoms with van der Waals surface area (Å²) in [5.74, 6) is 1.15. The maximum Gasteiger partial charge on any atom is 0.0925 e. The lowest BCUT2D eigenvalue weighted by molar-refractivity contribution is 0.0742. The maximum atomic E-state index is 10.4. The van der Waals surface area contributed by atoms with E-state index in [1.807, 2.05) is 12.3 Å². The zero-order valence-corrected chi connectivity index (χ0v) is 11.4. The first-order valence-electron chi connectivity index (χ1n) is 6.01. The van der Waals surface area contributed by atoms with Crippen molar-refractivity contribution in [3.05, 3.63) is 20.8 Å². The molecule has 1 aliphatic carbocycles. The number of hydrogen-bond acceptors (Lipinski definition) is 2. The number of halogens is 1. The Morgan fingerprint density at radius 2 is 2.25 bits per heavy atom. The molecule has 1 heterocycles. The van der Waals surface area contributed by atoms with Crippen molar-refractivity contribution in [2.75, 3.05) is 0 Å². The zero-order valence-electron chi connectivity index (χ0n) is 9.87. The highest BCUT2D eigenvalue weighted by atomic mass is 35.5. The van der Waals surface area contributed by atoms with Crippen LogP contribution in [0.2, 0.25) is 5.02 Å². The summed E-state index contributed by atoms with van der Waals surface area (Å²) in [5.41, 5.74) is 1.09. The van der Waals surface area contributed by atoms with Gasteiger partial charge in [-0.1, -0.05) is 31.4 Å². The van der Waals surface area contributed by atoms with Gasteiger partial charge in [0.1, 0.15) is 0 Å². The van der Waals surface area contributed by atoms with Crippen LogP contribution in [0.4, 0.5) is 0 Å². The first-order chi connectivity index (χ1) is 7.59. The van der Waals surface area contributed by atoms with Gasteiger partial charge in [0, 0.05) is 0 Å². The molecule has 0 spiro atoms. The average Bonchev–Trinajstić information content (AvgIpc) is 2.59. The summed E-state index contributed by atoms with van der Waals surface area (Å²) in [7, 11) is 0. The Balaban J connectivity index is 2.12. The predicted molar refractivity (Wildman–Crippen MR) is 70.1 cm³/mol. The van der Waals surface area contributed by atoms with E-state index in [0.29, 0.717) is 5.92 Å². The van der Waals surface area contributed by atoms with E-state index >= 15 is 0 Å². The molecule has 1 N–H and O–H groups in total. The molecule has 1 aromatic heterocycles. The van der Waals surface area contributed by atoms with Gasteiger partial charge in [0.05, 0.1) is 16.0 Å². The van der Waals surface area contributed by atoms with Crippen LogP contribution in [-0.2, 0) is 0 Å². The van der Waals surface area contributed by atoms with E-state index in [-0.39, 0.29) is 6.10 Å². The van der Waals surface area contributed by atoms with Gasteiger partial charge in [-0.2, -0.15) is 0 Å². The van der Waals surface area contributed by atoms with Gasteiger partial charge in [-0.15, -0.1) is 11.3 Å². The van der Waals surface area contributed by atoms with E-state index in [1.165, 1.54) is 12.8 Å². The molecule has 0 amide bonds. The Morgan fingerprint density at radius 3 is 2.81 bits per heavy atom. The van der Waals surface area contributed by atoms with E-state index in [2.05, 4.69) is 6.92 Å². The van der Waals surface area contributed by atoms with Crippen LogP contribution in [0.25, 0.3) is 0 Å². The number of thiophene rings is 1. The molecule has 1 aromatic rings. The lowest BCUT2D eigenvalue weighted by Gasteiger charge is -2.30. The topological polar surface area (TPSA) is 20.2 Å². The van der Waals surface area contributed by atoms with E-state index in [0.717, 1.165) is 34.2 Å². The van der Waals surface area contributed by atoms with Crippen LogP contribution < -0.4 is 0 Å². The second-order valence-corrected chi connectivity index (χ2v) is 6.36. The molecule has 16 heavy (non-hydrogen) atoms. The highest BCUT2D eigenvalue weighted by molar-refractivity contribution is 7.10. The summed E-state index contributed by atoms with van der Waals surface area (Å²) in [6, 6.07) is 0. The van der Waals surface area contributed by atoms with Crippen molar-refractivity contribution in [1.29, 1.82) is 0 Å². The summed E-state index contributed by atoms with van der Waals surface area (Å²) >= 11 is 7.81. The second kappa shape index (κ2) is 5.07. The highest BCUT2D eigenvalue weighted by Crippen LogP contribution is 2.42. The van der Waals surface area contributed by atoms with Gasteiger partial charge >= 0.3 is 0 Å². The molecule has 3 heteroatoms. The Labute approximate surface area is 106 Å². The summed E-state index contributed by atoms with van der Waals surface area (Å²) in [6.45, 7) is 4.28. The third-order valence-corrected chi connectivity index (χ3v) is 5.40. The molecule has 0 bridgehead atoms. The molecule has 3 unspecified atom stereocenters. The normalized spacial score (nSPS) is 28.0. The molecule has 0 aromatic carbocycles. The van der Waals surface area contributed by atoms with Gasteiger partial charge in [-0.3, -0.25) is 0 Å². The first kappa shape index (κ1) is 12.4. The van der Waals surface area contributed by atoms with Crippen molar-refractivity contribution in [2.45, 2.75) is 45.6 Å². The molecular formula is C13H19ClOS. The SMILES string of the molecule is Cc1csc(C(O)C2CCCC(C)C2)c1Cl. The average molecular weight is 259 g/mol. The molecule has 1 nitrogen and oxygen atoms in total. The van der Waals surface area contributed by atoms with Gasteiger partial charge in [0.25, 0.3) is 0 Å². The van der Waals surface area contributed by atoms with Crippen molar-refractivity contribution >= 4 is 22.9 Å². The predicted octanol–water partition coefficient (Wildman–Crippen LogP) is 4.57. The van der Waals surface area contributed by atoms with Crippen LogP contribution in [0, 0.1) is 18.8 Å². The molecule has 2 rings (SSSR count). The van der Waals surface area contributed by atoms with Crippen LogP contribution in [-0.4, -0.2) is 5.11 Å². The van der Waals surface area contributed by atoms with Crippen LogP contribution in [0.15, 0.2) is 5.38 Å². The van der Waals surface area contributed by atoms with Crippen molar-refractivity contribution < 1.29 is 5.11 Å². The minimum absolute atomic E-state index is 0.353. The number of hydrogen-bond donors (Lipinski definition) is 1. The minimum atomic E-state index is -0.353. The Kier molecular flexibility index (Phi) is 3.93. The molecule has 3 atom stereocenters. The lowest BCUT2D eigenvalue weighted by atomic mass is 9.79. The molecule has 1 aliphatic rings. The number of rotatable bonds is 2. The lowest BCUT2D eigenvalue weighted by Crippen LogP contribution is -2.19. The summed E-state index contributed by atoms with van der Waals surface area (Å²) in [4.78, 5) is 0.971. The fourth-order valence-corrected chi connectivity index (χ4v) is 4.01. The van der Waals surface area contributed by atoms with Gasteiger partial charge in [0.2, 0.25) is 0 Å². The van der Waals surface area contributed by atoms with Crippen LogP contribution in [0.1, 0.15) is 49.2 Å². The van der Waals surface area contributed by atoms with Crippen molar-refractivity contribution in [3.63, 3.8) is 0 Å². The van der Waals surface area contributed by atoms with Gasteiger partial charge in [-0.05, 0) is 42.5 Å². The summed E-state index contributed by atoms with van der Waals surface area (Å²) in [5, 5.41) is 13.2. The molecule has 0 radical (unpaired) electrons. The Hall–Kier alpha value is -0.0500. The monoisotopic (exact) mass is 258 g/mol. The van der Waals surface area contributed by atoms with Crippen molar-refractivity contribution in [3.8, 4) is 0 Å². The zero-order chi connectivity index (χ0) is 11.7. The van der Waals surface area contributed by atoms with Gasteiger partial charge in [-0.25, -0.2) is 0 Å². The number of aryl methyl sites for hydroxylation is 1. The quantitative estimate of drug-likeness (QED) is 0.824.